The lowest BCUT2D eigenvalue weighted by molar-refractivity contribution is 0.102. The molecule has 0 unspecified atom stereocenters. The fourth-order valence-electron chi connectivity index (χ4n) is 2.23. The van der Waals surface area contributed by atoms with E-state index in [9.17, 15) is 4.79 Å². The number of anilines is 1. The first-order valence-electron chi connectivity index (χ1n) is 7.77. The predicted octanol–water partition coefficient (Wildman–Crippen LogP) is 4.00. The maximum Gasteiger partial charge on any atom is 0.257 e. The van der Waals surface area contributed by atoms with Crippen molar-refractivity contribution < 1.29 is 9.53 Å². The summed E-state index contributed by atoms with van der Waals surface area (Å²) in [6.45, 7) is 0.594. The molecular formula is C19H16ClN3O2. The zero-order valence-electron chi connectivity index (χ0n) is 13.4. The number of aromatic nitrogens is 2. The van der Waals surface area contributed by atoms with Crippen LogP contribution in [0, 0.1) is 0 Å². The molecule has 25 heavy (non-hydrogen) atoms. The number of ether oxygens (including phenoxy) is 1. The Kier molecular flexibility index (Phi) is 5.59. The van der Waals surface area contributed by atoms with Crippen molar-refractivity contribution in [3.63, 3.8) is 0 Å². The first kappa shape index (κ1) is 16.9. The molecule has 126 valence electrons. The second-order valence-corrected chi connectivity index (χ2v) is 5.72. The largest absolute Gasteiger partial charge is 0.493 e. The van der Waals surface area contributed by atoms with E-state index in [2.05, 4.69) is 27.6 Å². The average Bonchev–Trinajstić information content (AvgIpc) is 2.64. The topological polar surface area (TPSA) is 64.1 Å². The molecule has 5 nitrogen and oxygen atoms in total. The van der Waals surface area contributed by atoms with Crippen molar-refractivity contribution in [2.75, 3.05) is 11.9 Å². The predicted molar refractivity (Wildman–Crippen MR) is 97.1 cm³/mol. The van der Waals surface area contributed by atoms with Crippen LogP contribution in [0.4, 0.5) is 5.69 Å². The Hall–Kier alpha value is -2.92. The minimum absolute atomic E-state index is 0.176. The Bertz CT molecular complexity index is 839. The van der Waals surface area contributed by atoms with Gasteiger partial charge in [0.2, 0.25) is 0 Å². The van der Waals surface area contributed by atoms with Gasteiger partial charge in [-0.05, 0) is 35.9 Å². The van der Waals surface area contributed by atoms with Gasteiger partial charge < -0.3 is 10.1 Å². The van der Waals surface area contributed by atoms with Gasteiger partial charge in [0, 0.05) is 12.1 Å². The lowest BCUT2D eigenvalue weighted by Crippen LogP contribution is -2.12. The number of hydrogen-bond donors (Lipinski definition) is 1. The maximum atomic E-state index is 12.1. The van der Waals surface area contributed by atoms with Crippen LogP contribution in [0.5, 0.6) is 5.75 Å². The molecule has 3 rings (SSSR count). The summed E-state index contributed by atoms with van der Waals surface area (Å²) < 4.78 is 5.72. The third-order valence-electron chi connectivity index (χ3n) is 3.50. The summed E-state index contributed by atoms with van der Waals surface area (Å²) in [7, 11) is 0. The third kappa shape index (κ3) is 5.02. The molecule has 0 aliphatic heterocycles. The summed E-state index contributed by atoms with van der Waals surface area (Å²) in [5.74, 6) is 0.456. The van der Waals surface area contributed by atoms with Crippen LogP contribution in [0.1, 0.15) is 15.9 Å². The Morgan fingerprint density at radius 1 is 1.08 bits per heavy atom. The zero-order chi connectivity index (χ0) is 17.5. The summed E-state index contributed by atoms with van der Waals surface area (Å²) in [4.78, 5) is 12.1. The molecule has 2 aromatic carbocycles. The fraction of sp³-hybridized carbons (Fsp3) is 0.105. The van der Waals surface area contributed by atoms with Gasteiger partial charge in [0.15, 0.2) is 5.15 Å². The molecule has 1 heterocycles. The average molecular weight is 354 g/mol. The number of rotatable bonds is 6. The zero-order valence-corrected chi connectivity index (χ0v) is 14.1. The number of carbonyl (C=O) groups is 1. The lowest BCUT2D eigenvalue weighted by atomic mass is 10.2. The lowest BCUT2D eigenvalue weighted by Gasteiger charge is -2.08. The molecule has 1 aromatic heterocycles. The number of amides is 1. The van der Waals surface area contributed by atoms with Gasteiger partial charge in [-0.1, -0.05) is 41.9 Å². The summed E-state index contributed by atoms with van der Waals surface area (Å²) in [6, 6.07) is 18.8. The first-order chi connectivity index (χ1) is 12.2. The summed E-state index contributed by atoms with van der Waals surface area (Å²) in [5.41, 5.74) is 2.24. The van der Waals surface area contributed by atoms with E-state index in [1.165, 1.54) is 17.8 Å². The molecular weight excluding hydrogens is 338 g/mol. The van der Waals surface area contributed by atoms with Gasteiger partial charge in [0.1, 0.15) is 5.75 Å². The van der Waals surface area contributed by atoms with Gasteiger partial charge in [-0.15, -0.1) is 5.10 Å². The summed E-state index contributed by atoms with van der Waals surface area (Å²) >= 11 is 5.74. The van der Waals surface area contributed by atoms with Crippen molar-refractivity contribution in [1.29, 1.82) is 0 Å². The number of nitrogens with zero attached hydrogens (tertiary/aromatic N) is 2. The van der Waals surface area contributed by atoms with Gasteiger partial charge in [0.25, 0.3) is 5.91 Å². The van der Waals surface area contributed by atoms with Crippen molar-refractivity contribution >= 4 is 23.2 Å². The monoisotopic (exact) mass is 353 g/mol. The first-order valence-corrected chi connectivity index (χ1v) is 8.15. The molecule has 0 aliphatic carbocycles. The van der Waals surface area contributed by atoms with Gasteiger partial charge in [-0.2, -0.15) is 5.10 Å². The molecule has 0 saturated heterocycles. The highest BCUT2D eigenvalue weighted by Gasteiger charge is 2.08. The van der Waals surface area contributed by atoms with Crippen LogP contribution in [0.3, 0.4) is 0 Å². The third-order valence-corrected chi connectivity index (χ3v) is 3.69. The molecule has 0 fully saturated rings. The van der Waals surface area contributed by atoms with Crippen LogP contribution in [0.2, 0.25) is 5.15 Å². The molecule has 1 amide bonds. The van der Waals surface area contributed by atoms with Crippen molar-refractivity contribution in [1.82, 2.24) is 10.2 Å². The molecule has 0 aliphatic rings. The van der Waals surface area contributed by atoms with Crippen molar-refractivity contribution in [3.8, 4) is 5.75 Å². The van der Waals surface area contributed by atoms with Gasteiger partial charge >= 0.3 is 0 Å². The summed E-state index contributed by atoms with van der Waals surface area (Å²) in [6.07, 6.45) is 2.21. The van der Waals surface area contributed by atoms with Crippen molar-refractivity contribution in [3.05, 3.63) is 83.1 Å². The van der Waals surface area contributed by atoms with E-state index in [1.54, 1.807) is 12.1 Å². The van der Waals surface area contributed by atoms with Crippen molar-refractivity contribution in [2.45, 2.75) is 6.42 Å². The van der Waals surface area contributed by atoms with E-state index in [4.69, 9.17) is 16.3 Å². The minimum Gasteiger partial charge on any atom is -0.493 e. The molecule has 0 spiro atoms. The number of nitrogens with one attached hydrogen (secondary N) is 1. The second kappa shape index (κ2) is 8.26. The highest BCUT2D eigenvalue weighted by molar-refractivity contribution is 6.29. The SMILES string of the molecule is O=C(Nc1ccc(OCCc2ccccc2)cc1)c1cnnc(Cl)c1. The van der Waals surface area contributed by atoms with Gasteiger partial charge in [-0.3, -0.25) is 4.79 Å². The Labute approximate surface area is 150 Å². The summed E-state index contributed by atoms with van der Waals surface area (Å²) in [5, 5.41) is 10.2. The van der Waals surface area contributed by atoms with Crippen LogP contribution in [0.25, 0.3) is 0 Å². The standard InChI is InChI=1S/C19H16ClN3O2/c20-18-12-15(13-21-23-18)19(24)22-16-6-8-17(9-7-16)25-11-10-14-4-2-1-3-5-14/h1-9,12-13H,10-11H2,(H,22,24). The van der Waals surface area contributed by atoms with Crippen LogP contribution in [-0.4, -0.2) is 22.7 Å². The van der Waals surface area contributed by atoms with Crippen molar-refractivity contribution in [2.24, 2.45) is 0 Å². The smallest absolute Gasteiger partial charge is 0.257 e. The highest BCUT2D eigenvalue weighted by atomic mass is 35.5. The van der Waals surface area contributed by atoms with E-state index < -0.39 is 0 Å². The second-order valence-electron chi connectivity index (χ2n) is 5.33. The Balaban J connectivity index is 1.52. The normalized spacial score (nSPS) is 10.3. The number of halogens is 1. The van der Waals surface area contributed by atoms with Gasteiger partial charge in [-0.25, -0.2) is 0 Å². The van der Waals surface area contributed by atoms with Gasteiger partial charge in [0.05, 0.1) is 18.4 Å². The highest BCUT2D eigenvalue weighted by Crippen LogP contribution is 2.17. The molecule has 0 radical (unpaired) electrons. The van der Waals surface area contributed by atoms with E-state index >= 15 is 0 Å². The molecule has 3 aromatic rings. The van der Waals surface area contributed by atoms with Crippen LogP contribution in [-0.2, 0) is 6.42 Å². The molecule has 0 bridgehead atoms. The number of carbonyl (C=O) groups excluding carboxylic acids is 1. The number of benzene rings is 2. The van der Waals surface area contributed by atoms with E-state index in [-0.39, 0.29) is 11.1 Å². The Morgan fingerprint density at radius 3 is 2.56 bits per heavy atom. The van der Waals surface area contributed by atoms with Crippen LogP contribution >= 0.6 is 11.6 Å². The van der Waals surface area contributed by atoms with E-state index in [0.717, 1.165) is 12.2 Å². The fourth-order valence-corrected chi connectivity index (χ4v) is 2.40. The molecule has 6 heteroatoms. The van der Waals surface area contributed by atoms with E-state index in [1.807, 2.05) is 30.3 Å². The van der Waals surface area contributed by atoms with Crippen LogP contribution < -0.4 is 10.1 Å². The number of hydrogen-bond acceptors (Lipinski definition) is 4. The Morgan fingerprint density at radius 2 is 1.84 bits per heavy atom. The molecule has 0 saturated carbocycles. The van der Waals surface area contributed by atoms with Crippen LogP contribution in [0.15, 0.2) is 66.9 Å². The minimum atomic E-state index is -0.297. The quantitative estimate of drug-likeness (QED) is 0.727. The maximum absolute atomic E-state index is 12.1. The molecule has 1 N–H and O–H groups in total. The van der Waals surface area contributed by atoms with E-state index in [0.29, 0.717) is 17.9 Å². The molecule has 0 atom stereocenters.